The van der Waals surface area contributed by atoms with Gasteiger partial charge in [-0.05, 0) is 19.1 Å². The van der Waals surface area contributed by atoms with Crippen molar-refractivity contribution in [2.45, 2.75) is 16.8 Å². The highest BCUT2D eigenvalue weighted by Gasteiger charge is 2.15. The largest absolute Gasteiger partial charge is 0.496 e. The first kappa shape index (κ1) is 12.5. The molecule has 0 saturated heterocycles. The summed E-state index contributed by atoms with van der Waals surface area (Å²) < 4.78 is 7.03. The molecule has 2 rings (SSSR count). The standard InChI is InChI=1S/C13H13N3OS/c1-9-10(8-14)13(16(2)15-9)18-12-7-5-4-6-11(12)17-3/h4-7H,1-3H3. The minimum absolute atomic E-state index is 0.619. The highest BCUT2D eigenvalue weighted by Crippen LogP contribution is 2.36. The smallest absolute Gasteiger partial charge is 0.132 e. The zero-order valence-corrected chi connectivity index (χ0v) is 11.3. The molecule has 0 amide bonds. The summed E-state index contributed by atoms with van der Waals surface area (Å²) in [6.45, 7) is 1.84. The number of ether oxygens (including phenoxy) is 1. The Morgan fingerprint density at radius 3 is 2.78 bits per heavy atom. The predicted octanol–water partition coefficient (Wildman–Crippen LogP) is 2.76. The first-order valence-electron chi connectivity index (χ1n) is 5.42. The van der Waals surface area contributed by atoms with Crippen LogP contribution in [-0.4, -0.2) is 16.9 Å². The summed E-state index contributed by atoms with van der Waals surface area (Å²) in [4.78, 5) is 0.972. The van der Waals surface area contributed by atoms with Crippen molar-refractivity contribution in [3.63, 3.8) is 0 Å². The second-order valence-electron chi connectivity index (χ2n) is 3.75. The minimum atomic E-state index is 0.619. The molecule has 0 atom stereocenters. The lowest BCUT2D eigenvalue weighted by Gasteiger charge is -2.07. The van der Waals surface area contributed by atoms with E-state index in [4.69, 9.17) is 10.00 Å². The summed E-state index contributed by atoms with van der Waals surface area (Å²) in [6, 6.07) is 9.93. The van der Waals surface area contributed by atoms with Crippen molar-refractivity contribution >= 4 is 11.8 Å². The van der Waals surface area contributed by atoms with Crippen molar-refractivity contribution in [1.29, 1.82) is 5.26 Å². The van der Waals surface area contributed by atoms with E-state index in [2.05, 4.69) is 11.2 Å². The van der Waals surface area contributed by atoms with Gasteiger partial charge in [-0.2, -0.15) is 10.4 Å². The molecule has 0 aliphatic carbocycles. The fourth-order valence-corrected chi connectivity index (χ4v) is 2.77. The third-order valence-corrected chi connectivity index (χ3v) is 3.78. The van der Waals surface area contributed by atoms with Gasteiger partial charge >= 0.3 is 0 Å². The SMILES string of the molecule is COc1ccccc1Sc1c(C#N)c(C)nn1C. The van der Waals surface area contributed by atoms with Crippen LogP contribution in [0.4, 0.5) is 0 Å². The van der Waals surface area contributed by atoms with Gasteiger partial charge in [0.05, 0.1) is 17.7 Å². The molecule has 2 aromatic rings. The Morgan fingerprint density at radius 2 is 2.11 bits per heavy atom. The van der Waals surface area contributed by atoms with Gasteiger partial charge in [-0.1, -0.05) is 23.9 Å². The molecule has 0 spiro atoms. The van der Waals surface area contributed by atoms with Crippen LogP contribution in [0.25, 0.3) is 0 Å². The lowest BCUT2D eigenvalue weighted by atomic mass is 10.3. The number of benzene rings is 1. The Bertz CT molecular complexity index is 613. The Kier molecular flexibility index (Phi) is 3.58. The molecule has 0 radical (unpaired) electrons. The molecule has 92 valence electrons. The summed E-state index contributed by atoms with van der Waals surface area (Å²) in [6.07, 6.45) is 0. The summed E-state index contributed by atoms with van der Waals surface area (Å²) in [5, 5.41) is 14.3. The van der Waals surface area contributed by atoms with Gasteiger partial charge in [0.15, 0.2) is 0 Å². The molecule has 1 heterocycles. The van der Waals surface area contributed by atoms with E-state index in [0.717, 1.165) is 21.4 Å². The molecule has 5 heteroatoms. The van der Waals surface area contributed by atoms with E-state index < -0.39 is 0 Å². The summed E-state index contributed by atoms with van der Waals surface area (Å²) in [7, 11) is 3.48. The Morgan fingerprint density at radius 1 is 1.39 bits per heavy atom. The van der Waals surface area contributed by atoms with E-state index in [1.54, 1.807) is 11.8 Å². The molecule has 0 N–H and O–H groups in total. The van der Waals surface area contributed by atoms with Crippen molar-refractivity contribution in [3.8, 4) is 11.8 Å². The molecule has 0 bridgehead atoms. The van der Waals surface area contributed by atoms with Gasteiger partial charge in [0.2, 0.25) is 0 Å². The first-order valence-corrected chi connectivity index (χ1v) is 6.23. The number of rotatable bonds is 3. The van der Waals surface area contributed by atoms with Crippen LogP contribution in [0.3, 0.4) is 0 Å². The quantitative estimate of drug-likeness (QED) is 0.850. The van der Waals surface area contributed by atoms with Gasteiger partial charge in [0.25, 0.3) is 0 Å². The number of hydrogen-bond acceptors (Lipinski definition) is 4. The Labute approximate surface area is 110 Å². The van der Waals surface area contributed by atoms with Crippen molar-refractivity contribution in [1.82, 2.24) is 9.78 Å². The van der Waals surface area contributed by atoms with Crippen LogP contribution in [-0.2, 0) is 7.05 Å². The van der Waals surface area contributed by atoms with Crippen LogP contribution in [0, 0.1) is 18.3 Å². The number of aromatic nitrogens is 2. The zero-order chi connectivity index (χ0) is 13.1. The van der Waals surface area contributed by atoms with E-state index >= 15 is 0 Å². The lowest BCUT2D eigenvalue weighted by Crippen LogP contribution is -1.93. The number of nitrogens with zero attached hydrogens (tertiary/aromatic N) is 3. The summed E-state index contributed by atoms with van der Waals surface area (Å²) in [5.74, 6) is 0.797. The number of aryl methyl sites for hydroxylation is 2. The minimum Gasteiger partial charge on any atom is -0.496 e. The summed E-state index contributed by atoms with van der Waals surface area (Å²) >= 11 is 1.49. The van der Waals surface area contributed by atoms with Crippen molar-refractivity contribution in [2.24, 2.45) is 7.05 Å². The molecule has 1 aromatic carbocycles. The lowest BCUT2D eigenvalue weighted by molar-refractivity contribution is 0.405. The van der Waals surface area contributed by atoms with E-state index in [9.17, 15) is 0 Å². The van der Waals surface area contributed by atoms with Crippen molar-refractivity contribution < 1.29 is 4.74 Å². The Balaban J connectivity index is 2.44. The van der Waals surface area contributed by atoms with Gasteiger partial charge in [-0.25, -0.2) is 0 Å². The maximum atomic E-state index is 9.17. The van der Waals surface area contributed by atoms with Crippen molar-refractivity contribution in [3.05, 3.63) is 35.5 Å². The Hall–Kier alpha value is -1.93. The highest BCUT2D eigenvalue weighted by molar-refractivity contribution is 7.99. The van der Waals surface area contributed by atoms with E-state index in [0.29, 0.717) is 5.56 Å². The third kappa shape index (κ3) is 2.20. The van der Waals surface area contributed by atoms with Crippen LogP contribution >= 0.6 is 11.8 Å². The van der Waals surface area contributed by atoms with Crippen molar-refractivity contribution in [2.75, 3.05) is 7.11 Å². The fraction of sp³-hybridized carbons (Fsp3) is 0.231. The molecule has 0 aliphatic heterocycles. The van der Waals surface area contributed by atoms with Crippen LogP contribution < -0.4 is 4.74 Å². The molecule has 0 aliphatic rings. The van der Waals surface area contributed by atoms with Gasteiger partial charge < -0.3 is 4.74 Å². The van der Waals surface area contributed by atoms with Gasteiger partial charge in [-0.3, -0.25) is 4.68 Å². The second-order valence-corrected chi connectivity index (χ2v) is 4.78. The van der Waals surface area contributed by atoms with E-state index in [1.165, 1.54) is 11.8 Å². The normalized spacial score (nSPS) is 10.1. The van der Waals surface area contributed by atoms with Gasteiger partial charge in [-0.15, -0.1) is 0 Å². The molecule has 0 saturated carbocycles. The number of methoxy groups -OCH3 is 1. The topological polar surface area (TPSA) is 50.8 Å². The maximum Gasteiger partial charge on any atom is 0.132 e. The second kappa shape index (κ2) is 5.15. The average Bonchev–Trinajstić information content (AvgIpc) is 2.64. The van der Waals surface area contributed by atoms with Crippen LogP contribution in [0.5, 0.6) is 5.75 Å². The van der Waals surface area contributed by atoms with E-state index in [-0.39, 0.29) is 0 Å². The zero-order valence-electron chi connectivity index (χ0n) is 10.5. The van der Waals surface area contributed by atoms with E-state index in [1.807, 2.05) is 38.2 Å². The first-order chi connectivity index (χ1) is 8.67. The summed E-state index contributed by atoms with van der Waals surface area (Å²) in [5.41, 5.74) is 1.37. The monoisotopic (exact) mass is 259 g/mol. The van der Waals surface area contributed by atoms with Gasteiger partial charge in [0, 0.05) is 7.05 Å². The highest BCUT2D eigenvalue weighted by atomic mass is 32.2. The predicted molar refractivity (Wildman–Crippen MR) is 69.8 cm³/mol. The number of para-hydroxylation sites is 1. The molecule has 4 nitrogen and oxygen atoms in total. The number of hydrogen-bond donors (Lipinski definition) is 0. The number of nitriles is 1. The molecule has 18 heavy (non-hydrogen) atoms. The van der Waals surface area contributed by atoms with Crippen LogP contribution in [0.1, 0.15) is 11.3 Å². The maximum absolute atomic E-state index is 9.17. The van der Waals surface area contributed by atoms with Crippen LogP contribution in [0.15, 0.2) is 34.2 Å². The third-order valence-electron chi connectivity index (χ3n) is 2.56. The van der Waals surface area contributed by atoms with Crippen LogP contribution in [0.2, 0.25) is 0 Å². The van der Waals surface area contributed by atoms with Gasteiger partial charge in [0.1, 0.15) is 22.4 Å². The molecular formula is C13H13N3OS. The molecule has 0 unspecified atom stereocenters. The average molecular weight is 259 g/mol. The molecular weight excluding hydrogens is 246 g/mol. The molecule has 1 aromatic heterocycles. The fourth-order valence-electron chi connectivity index (χ4n) is 1.69. The molecule has 0 fully saturated rings.